The summed E-state index contributed by atoms with van der Waals surface area (Å²) in [5.74, 6) is 0.729. The number of ether oxygens (including phenoxy) is 2. The third kappa shape index (κ3) is 4.53. The number of carboxylic acid groups (broad SMARTS) is 1. The number of para-hydroxylation sites is 2. The zero-order valence-electron chi connectivity index (χ0n) is 16.3. The van der Waals surface area contributed by atoms with E-state index in [0.29, 0.717) is 23.9 Å². The monoisotopic (exact) mass is 474 g/mol. The quantitative estimate of drug-likeness (QED) is 0.520. The van der Waals surface area contributed by atoms with Gasteiger partial charge in [0.2, 0.25) is 0 Å². The van der Waals surface area contributed by atoms with E-state index >= 15 is 0 Å². The van der Waals surface area contributed by atoms with E-state index in [2.05, 4.69) is 26.6 Å². The van der Waals surface area contributed by atoms with Crippen molar-refractivity contribution in [2.24, 2.45) is 0 Å². The Kier molecular flexibility index (Phi) is 6.13. The summed E-state index contributed by atoms with van der Waals surface area (Å²) in [4.78, 5) is 23.7. The molecular formula is C22H23BrN2O5. The van der Waals surface area contributed by atoms with E-state index in [9.17, 15) is 9.59 Å². The zero-order chi connectivity index (χ0) is 21.1. The first kappa shape index (κ1) is 20.5. The molecule has 30 heavy (non-hydrogen) atoms. The molecule has 1 aliphatic carbocycles. The molecule has 2 aliphatic rings. The molecule has 3 N–H and O–H groups in total. The van der Waals surface area contributed by atoms with Crippen molar-refractivity contribution in [1.82, 2.24) is 0 Å². The minimum absolute atomic E-state index is 0.0494. The van der Waals surface area contributed by atoms with Gasteiger partial charge in [0.1, 0.15) is 12.4 Å². The molecule has 0 radical (unpaired) electrons. The van der Waals surface area contributed by atoms with Gasteiger partial charge >= 0.3 is 6.16 Å². The van der Waals surface area contributed by atoms with Crippen LogP contribution >= 0.6 is 15.9 Å². The number of fused-ring (bicyclic) bond motifs is 1. The highest BCUT2D eigenvalue weighted by atomic mass is 79.9. The third-order valence-electron chi connectivity index (χ3n) is 5.56. The van der Waals surface area contributed by atoms with Crippen molar-refractivity contribution in [3.8, 4) is 5.75 Å². The molecule has 0 bridgehead atoms. The maximum Gasteiger partial charge on any atom is 0.506 e. The number of nitrogens with one attached hydrogen (secondary N) is 2. The van der Waals surface area contributed by atoms with E-state index in [1.54, 1.807) is 6.07 Å². The summed E-state index contributed by atoms with van der Waals surface area (Å²) in [6, 6.07) is 11.2. The van der Waals surface area contributed by atoms with Crippen LogP contribution in [0, 0.1) is 0 Å². The van der Waals surface area contributed by atoms with E-state index in [0.717, 1.165) is 47.0 Å². The maximum atomic E-state index is 12.8. The number of halogens is 1. The number of hydrogen-bond donors (Lipinski definition) is 3. The number of anilines is 2. The fraction of sp³-hybridized carbons (Fsp3) is 0.364. The van der Waals surface area contributed by atoms with Crippen molar-refractivity contribution in [2.45, 2.75) is 44.3 Å². The van der Waals surface area contributed by atoms with Gasteiger partial charge in [0.15, 0.2) is 6.10 Å². The highest BCUT2D eigenvalue weighted by Gasteiger charge is 2.27. The Balaban J connectivity index is 1.53. The number of carbonyl (C=O) groups excluding carboxylic acids is 1. The van der Waals surface area contributed by atoms with Crippen LogP contribution in [0.4, 0.5) is 16.2 Å². The minimum atomic E-state index is -1.32. The summed E-state index contributed by atoms with van der Waals surface area (Å²) < 4.78 is 11.4. The van der Waals surface area contributed by atoms with E-state index < -0.39 is 12.3 Å². The minimum Gasteiger partial charge on any atom is -0.477 e. The molecule has 8 heteroatoms. The molecule has 1 atom stereocenters. The van der Waals surface area contributed by atoms with Gasteiger partial charge in [0, 0.05) is 4.47 Å². The molecule has 1 heterocycles. The second-order valence-electron chi connectivity index (χ2n) is 7.54. The van der Waals surface area contributed by atoms with Gasteiger partial charge in [-0.2, -0.15) is 0 Å². The van der Waals surface area contributed by atoms with Crippen molar-refractivity contribution in [3.63, 3.8) is 0 Å². The first-order chi connectivity index (χ1) is 14.5. The van der Waals surface area contributed by atoms with Crippen LogP contribution in [-0.2, 0) is 16.1 Å². The van der Waals surface area contributed by atoms with Crippen LogP contribution in [0.3, 0.4) is 0 Å². The summed E-state index contributed by atoms with van der Waals surface area (Å²) in [5.41, 5.74) is 3.27. The topological polar surface area (TPSA) is 96.9 Å². The van der Waals surface area contributed by atoms with Crippen LogP contribution < -0.4 is 15.4 Å². The molecule has 1 unspecified atom stereocenters. The molecule has 2 aromatic carbocycles. The molecule has 0 aromatic heterocycles. The van der Waals surface area contributed by atoms with Gasteiger partial charge in [-0.1, -0.05) is 25.0 Å². The number of hydrogen-bond acceptors (Lipinski definition) is 5. The van der Waals surface area contributed by atoms with Gasteiger partial charge in [-0.05, 0) is 70.1 Å². The summed E-state index contributed by atoms with van der Waals surface area (Å²) in [5, 5.41) is 15.0. The van der Waals surface area contributed by atoms with Gasteiger partial charge in [-0.15, -0.1) is 0 Å². The van der Waals surface area contributed by atoms with Gasteiger partial charge in [0.05, 0.1) is 17.9 Å². The Hall–Kier alpha value is -2.74. The largest absolute Gasteiger partial charge is 0.506 e. The zero-order valence-corrected chi connectivity index (χ0v) is 17.9. The van der Waals surface area contributed by atoms with Crippen molar-refractivity contribution in [3.05, 3.63) is 52.0 Å². The molecule has 1 amide bonds. The Morgan fingerprint density at radius 2 is 2.00 bits per heavy atom. The second kappa shape index (κ2) is 8.95. The smallest absolute Gasteiger partial charge is 0.477 e. The predicted molar refractivity (Wildman–Crippen MR) is 116 cm³/mol. The third-order valence-corrected chi connectivity index (χ3v) is 6.22. The molecule has 7 nitrogen and oxygen atoms in total. The van der Waals surface area contributed by atoms with Gasteiger partial charge in [-0.25, -0.2) is 4.79 Å². The highest BCUT2D eigenvalue weighted by molar-refractivity contribution is 9.10. The first-order valence-corrected chi connectivity index (χ1v) is 10.8. The lowest BCUT2D eigenvalue weighted by Gasteiger charge is -2.27. The summed E-state index contributed by atoms with van der Waals surface area (Å²) in [7, 11) is 0. The lowest BCUT2D eigenvalue weighted by atomic mass is 9.92. The fourth-order valence-electron chi connectivity index (χ4n) is 4.08. The van der Waals surface area contributed by atoms with Gasteiger partial charge < -0.3 is 25.2 Å². The molecule has 0 saturated heterocycles. The van der Waals surface area contributed by atoms with Crippen molar-refractivity contribution < 1.29 is 24.2 Å². The van der Waals surface area contributed by atoms with Crippen molar-refractivity contribution in [1.29, 1.82) is 0 Å². The van der Waals surface area contributed by atoms with E-state index in [1.807, 2.05) is 30.3 Å². The lowest BCUT2D eigenvalue weighted by molar-refractivity contribution is -0.122. The Labute approximate surface area is 182 Å². The van der Waals surface area contributed by atoms with E-state index in [1.165, 1.54) is 0 Å². The van der Waals surface area contributed by atoms with Crippen LogP contribution in [0.2, 0.25) is 0 Å². The van der Waals surface area contributed by atoms with Gasteiger partial charge in [-0.3, -0.25) is 4.79 Å². The molecule has 2 aromatic rings. The fourth-order valence-corrected chi connectivity index (χ4v) is 4.54. The maximum absolute atomic E-state index is 12.8. The molecule has 4 rings (SSSR count). The van der Waals surface area contributed by atoms with E-state index in [-0.39, 0.29) is 12.5 Å². The Bertz CT molecular complexity index is 959. The summed E-state index contributed by atoms with van der Waals surface area (Å²) in [6.45, 7) is 0.307. The number of rotatable bonds is 5. The normalized spacial score (nSPS) is 18.1. The first-order valence-electron chi connectivity index (χ1n) is 9.99. The van der Waals surface area contributed by atoms with Crippen LogP contribution in [-0.4, -0.2) is 29.8 Å². The van der Waals surface area contributed by atoms with Crippen molar-refractivity contribution in [2.75, 3.05) is 17.2 Å². The van der Waals surface area contributed by atoms with Crippen molar-refractivity contribution >= 4 is 39.4 Å². The Morgan fingerprint density at radius 1 is 1.23 bits per heavy atom. The summed E-state index contributed by atoms with van der Waals surface area (Å²) >= 11 is 3.56. The molecule has 158 valence electrons. The van der Waals surface area contributed by atoms with Crippen LogP contribution in [0.1, 0.15) is 42.7 Å². The SMILES string of the molecule is O=C(O)OCc1cc(NC(=O)C2CNc3ccccc3O2)c(Br)cc1C1CCCC1. The molecule has 0 spiro atoms. The average Bonchev–Trinajstić information content (AvgIpc) is 3.28. The molecular weight excluding hydrogens is 452 g/mol. The highest BCUT2D eigenvalue weighted by Crippen LogP contribution is 2.39. The standard InChI is InChI=1S/C22H23BrN2O5/c23-16-10-15(13-5-1-2-6-13)14(12-29-22(27)28)9-18(16)25-21(26)20-11-24-17-7-3-4-8-19(17)30-20/h3-4,7-10,13,20,24H,1-2,5-6,11-12H2,(H,25,26)(H,27,28). The average molecular weight is 475 g/mol. The number of benzene rings is 2. The number of amides is 1. The van der Waals surface area contributed by atoms with Crippen LogP contribution in [0.5, 0.6) is 5.75 Å². The number of carbonyl (C=O) groups is 2. The van der Waals surface area contributed by atoms with E-state index in [4.69, 9.17) is 14.6 Å². The Morgan fingerprint density at radius 3 is 2.77 bits per heavy atom. The molecule has 1 fully saturated rings. The van der Waals surface area contributed by atoms with Crippen LogP contribution in [0.15, 0.2) is 40.9 Å². The lowest BCUT2D eigenvalue weighted by Crippen LogP contribution is -2.41. The van der Waals surface area contributed by atoms with Crippen LogP contribution in [0.25, 0.3) is 0 Å². The molecule has 1 saturated carbocycles. The second-order valence-corrected chi connectivity index (χ2v) is 8.39. The van der Waals surface area contributed by atoms with Gasteiger partial charge in [0.25, 0.3) is 5.91 Å². The molecule has 1 aliphatic heterocycles. The predicted octanol–water partition coefficient (Wildman–Crippen LogP) is 5.11. The summed E-state index contributed by atoms with van der Waals surface area (Å²) in [6.07, 6.45) is 2.46.